The third-order valence-corrected chi connectivity index (χ3v) is 3.44. The highest BCUT2D eigenvalue weighted by Crippen LogP contribution is 2.26. The van der Waals surface area contributed by atoms with Crippen LogP contribution in [0.25, 0.3) is 5.65 Å². The van der Waals surface area contributed by atoms with Crippen LogP contribution in [0.15, 0.2) is 36.7 Å². The van der Waals surface area contributed by atoms with Gasteiger partial charge in [-0.25, -0.2) is 13.8 Å². The van der Waals surface area contributed by atoms with Crippen molar-refractivity contribution in [3.05, 3.63) is 64.0 Å². The van der Waals surface area contributed by atoms with Crippen LogP contribution in [-0.4, -0.2) is 9.38 Å². The molecule has 0 amide bonds. The van der Waals surface area contributed by atoms with Crippen LogP contribution < -0.4 is 5.32 Å². The Morgan fingerprint density at radius 3 is 2.71 bits per heavy atom. The fourth-order valence-electron chi connectivity index (χ4n) is 1.99. The van der Waals surface area contributed by atoms with E-state index in [4.69, 9.17) is 23.2 Å². The Bertz CT molecular complexity index is 794. The van der Waals surface area contributed by atoms with Gasteiger partial charge in [-0.2, -0.15) is 0 Å². The zero-order chi connectivity index (χ0) is 15.0. The molecule has 3 aromatic rings. The van der Waals surface area contributed by atoms with E-state index in [1.54, 1.807) is 28.9 Å². The molecule has 0 aliphatic heterocycles. The van der Waals surface area contributed by atoms with E-state index in [1.165, 1.54) is 0 Å². The maximum atomic E-state index is 13.6. The highest BCUT2D eigenvalue weighted by molar-refractivity contribution is 6.33. The minimum Gasteiger partial charge on any atom is -0.376 e. The lowest BCUT2D eigenvalue weighted by Crippen LogP contribution is -2.03. The standard InChI is InChI=1S/C14H9Cl2F2N3/c15-8-1-2-13-20-10(7-21(13)6-8)5-19-14-11(16)3-9(17)4-12(14)18/h1-4,6-7,19H,5H2. The van der Waals surface area contributed by atoms with Gasteiger partial charge in [-0.05, 0) is 18.2 Å². The summed E-state index contributed by atoms with van der Waals surface area (Å²) in [5, 5.41) is 3.39. The summed E-state index contributed by atoms with van der Waals surface area (Å²) in [6.45, 7) is 0.252. The van der Waals surface area contributed by atoms with E-state index in [0.29, 0.717) is 10.7 Å². The first-order valence-electron chi connectivity index (χ1n) is 6.04. The second kappa shape index (κ2) is 5.50. The van der Waals surface area contributed by atoms with Crippen molar-refractivity contribution >= 4 is 34.5 Å². The van der Waals surface area contributed by atoms with Crippen molar-refractivity contribution < 1.29 is 8.78 Å². The molecule has 0 bridgehead atoms. The normalized spacial score (nSPS) is 11.0. The molecule has 3 nitrogen and oxygen atoms in total. The highest BCUT2D eigenvalue weighted by Gasteiger charge is 2.10. The van der Waals surface area contributed by atoms with Crippen LogP contribution >= 0.6 is 23.2 Å². The summed E-state index contributed by atoms with van der Waals surface area (Å²) < 4.78 is 28.4. The van der Waals surface area contributed by atoms with Gasteiger partial charge >= 0.3 is 0 Å². The van der Waals surface area contributed by atoms with E-state index in [2.05, 4.69) is 10.3 Å². The SMILES string of the molecule is Fc1cc(F)c(NCc2cn3cc(Cl)ccc3n2)c(Cl)c1. The monoisotopic (exact) mass is 327 g/mol. The number of hydrogen-bond donors (Lipinski definition) is 1. The summed E-state index contributed by atoms with van der Waals surface area (Å²) in [6, 6.07) is 5.34. The van der Waals surface area contributed by atoms with Gasteiger partial charge in [0.05, 0.1) is 28.0 Å². The van der Waals surface area contributed by atoms with Crippen LogP contribution in [0.5, 0.6) is 0 Å². The fraction of sp³-hybridized carbons (Fsp3) is 0.0714. The lowest BCUT2D eigenvalue weighted by atomic mass is 10.3. The molecule has 0 aliphatic carbocycles. The van der Waals surface area contributed by atoms with Crippen LogP contribution in [0.4, 0.5) is 14.5 Å². The lowest BCUT2D eigenvalue weighted by Gasteiger charge is -2.08. The van der Waals surface area contributed by atoms with E-state index in [0.717, 1.165) is 17.8 Å². The van der Waals surface area contributed by atoms with Crippen molar-refractivity contribution in [1.29, 1.82) is 0 Å². The average molecular weight is 328 g/mol. The van der Waals surface area contributed by atoms with E-state index < -0.39 is 11.6 Å². The molecule has 21 heavy (non-hydrogen) atoms. The van der Waals surface area contributed by atoms with Gasteiger partial charge in [-0.3, -0.25) is 0 Å². The maximum absolute atomic E-state index is 13.6. The average Bonchev–Trinajstić information content (AvgIpc) is 2.79. The van der Waals surface area contributed by atoms with Crippen molar-refractivity contribution in [2.75, 3.05) is 5.32 Å². The molecule has 2 aromatic heterocycles. The van der Waals surface area contributed by atoms with E-state index in [1.807, 2.05) is 0 Å². The number of rotatable bonds is 3. The summed E-state index contributed by atoms with van der Waals surface area (Å²) >= 11 is 11.7. The number of nitrogens with zero attached hydrogens (tertiary/aromatic N) is 2. The lowest BCUT2D eigenvalue weighted by molar-refractivity contribution is 0.585. The fourth-order valence-corrected chi connectivity index (χ4v) is 2.42. The molecule has 0 unspecified atom stereocenters. The number of halogens is 4. The van der Waals surface area contributed by atoms with Gasteiger partial charge in [0.1, 0.15) is 11.5 Å². The van der Waals surface area contributed by atoms with Crippen LogP contribution in [-0.2, 0) is 6.54 Å². The number of anilines is 1. The Balaban J connectivity index is 1.83. The predicted molar refractivity (Wildman–Crippen MR) is 78.9 cm³/mol. The smallest absolute Gasteiger partial charge is 0.150 e. The second-order valence-electron chi connectivity index (χ2n) is 4.44. The molecule has 108 valence electrons. The molecule has 0 saturated carbocycles. The van der Waals surface area contributed by atoms with Gasteiger partial charge in [0.25, 0.3) is 0 Å². The number of imidazole rings is 1. The minimum atomic E-state index is -0.744. The van der Waals surface area contributed by atoms with Gasteiger partial charge < -0.3 is 9.72 Å². The van der Waals surface area contributed by atoms with Gasteiger partial charge in [0.2, 0.25) is 0 Å². The molecule has 1 aromatic carbocycles. The first kappa shape index (κ1) is 14.1. The number of benzene rings is 1. The summed E-state index contributed by atoms with van der Waals surface area (Å²) in [5.74, 6) is -1.46. The molecule has 0 saturated heterocycles. The van der Waals surface area contributed by atoms with E-state index in [9.17, 15) is 8.78 Å². The third kappa shape index (κ3) is 2.94. The van der Waals surface area contributed by atoms with E-state index in [-0.39, 0.29) is 17.3 Å². The van der Waals surface area contributed by atoms with Crippen LogP contribution in [0, 0.1) is 11.6 Å². The summed E-state index contributed by atoms with van der Waals surface area (Å²) in [5.41, 5.74) is 1.45. The van der Waals surface area contributed by atoms with Crippen molar-refractivity contribution in [2.24, 2.45) is 0 Å². The Labute approximate surface area is 129 Å². The quantitative estimate of drug-likeness (QED) is 0.765. The molecule has 0 aliphatic rings. The molecular formula is C14H9Cl2F2N3. The molecular weight excluding hydrogens is 319 g/mol. The van der Waals surface area contributed by atoms with Gasteiger partial charge in [-0.15, -0.1) is 0 Å². The molecule has 0 spiro atoms. The number of aromatic nitrogens is 2. The molecule has 0 atom stereocenters. The van der Waals surface area contributed by atoms with Crippen molar-refractivity contribution in [2.45, 2.75) is 6.54 Å². The predicted octanol–water partition coefficient (Wildman–Crippen LogP) is 4.53. The summed E-state index contributed by atoms with van der Waals surface area (Å²) in [6.07, 6.45) is 3.49. The zero-order valence-corrected chi connectivity index (χ0v) is 12.1. The number of nitrogens with one attached hydrogen (secondary N) is 1. The molecule has 2 heterocycles. The van der Waals surface area contributed by atoms with Crippen molar-refractivity contribution in [1.82, 2.24) is 9.38 Å². The molecule has 0 radical (unpaired) electrons. The summed E-state index contributed by atoms with van der Waals surface area (Å²) in [4.78, 5) is 4.35. The zero-order valence-electron chi connectivity index (χ0n) is 10.6. The van der Waals surface area contributed by atoms with Crippen LogP contribution in [0.2, 0.25) is 10.0 Å². The highest BCUT2D eigenvalue weighted by atomic mass is 35.5. The Kier molecular flexibility index (Phi) is 3.69. The Morgan fingerprint density at radius 2 is 1.95 bits per heavy atom. The Hall–Kier alpha value is -1.85. The number of fused-ring (bicyclic) bond motifs is 1. The molecule has 1 N–H and O–H groups in total. The minimum absolute atomic E-state index is 0.0145. The van der Waals surface area contributed by atoms with Crippen molar-refractivity contribution in [3.8, 4) is 0 Å². The van der Waals surface area contributed by atoms with Gasteiger partial charge in [0, 0.05) is 18.5 Å². The number of hydrogen-bond acceptors (Lipinski definition) is 2. The third-order valence-electron chi connectivity index (χ3n) is 2.92. The van der Waals surface area contributed by atoms with Gasteiger partial charge in [-0.1, -0.05) is 23.2 Å². The molecule has 7 heteroatoms. The Morgan fingerprint density at radius 1 is 1.14 bits per heavy atom. The maximum Gasteiger partial charge on any atom is 0.150 e. The molecule has 0 fully saturated rings. The van der Waals surface area contributed by atoms with Crippen LogP contribution in [0.3, 0.4) is 0 Å². The van der Waals surface area contributed by atoms with E-state index >= 15 is 0 Å². The molecule has 3 rings (SSSR count). The number of pyridine rings is 1. The summed E-state index contributed by atoms with van der Waals surface area (Å²) in [7, 11) is 0. The first-order chi connectivity index (χ1) is 10.0. The largest absolute Gasteiger partial charge is 0.376 e. The second-order valence-corrected chi connectivity index (χ2v) is 5.29. The van der Waals surface area contributed by atoms with Gasteiger partial charge in [0.15, 0.2) is 5.82 Å². The first-order valence-corrected chi connectivity index (χ1v) is 6.80. The van der Waals surface area contributed by atoms with Crippen LogP contribution in [0.1, 0.15) is 5.69 Å². The topological polar surface area (TPSA) is 29.3 Å². The van der Waals surface area contributed by atoms with Crippen molar-refractivity contribution in [3.63, 3.8) is 0 Å².